The predicted molar refractivity (Wildman–Crippen MR) is 239 cm³/mol. The third-order valence-electron chi connectivity index (χ3n) is 11.6. The SMILES string of the molecule is CCc1cc(/C=C2\C(=O)c3cc(F)c(F)cc3C2=C(C#N)C#N)sc1-c1cc2c(s1)-c1sc(-c3sc(/C=C4\C(=O)c5cc(F)c(F)cc5C4=C(C#N)C#N)cc3CC)cc1C2(C)C. The Hall–Kier alpha value is -6.78. The lowest BCUT2D eigenvalue weighted by Crippen LogP contribution is -2.13. The van der Waals surface area contributed by atoms with Gasteiger partial charge in [-0.1, -0.05) is 27.7 Å². The number of carbonyl (C=O) groups is 2. The molecule has 0 saturated heterocycles. The average Bonchev–Trinajstić information content (AvgIpc) is 4.13. The van der Waals surface area contributed by atoms with Crippen LogP contribution in [0, 0.1) is 68.6 Å². The Balaban J connectivity index is 1.09. The first-order valence-corrected chi connectivity index (χ1v) is 22.6. The summed E-state index contributed by atoms with van der Waals surface area (Å²) in [6.07, 6.45) is 4.51. The van der Waals surface area contributed by atoms with Gasteiger partial charge < -0.3 is 0 Å². The third kappa shape index (κ3) is 6.33. The monoisotopic (exact) mass is 906 g/mol. The summed E-state index contributed by atoms with van der Waals surface area (Å²) in [5, 5.41) is 39.1. The minimum Gasteiger partial charge on any atom is -0.289 e. The summed E-state index contributed by atoms with van der Waals surface area (Å²) >= 11 is 6.22. The van der Waals surface area contributed by atoms with E-state index in [-0.39, 0.29) is 61.1 Å². The third-order valence-corrected chi connectivity index (χ3v) is 16.6. The number of carbonyl (C=O) groups excluding carboxylic acids is 2. The van der Waals surface area contributed by atoms with Crippen molar-refractivity contribution in [1.29, 1.82) is 21.0 Å². The van der Waals surface area contributed by atoms with Crippen molar-refractivity contribution in [3.05, 3.63) is 148 Å². The van der Waals surface area contributed by atoms with Gasteiger partial charge in [-0.2, -0.15) is 21.0 Å². The van der Waals surface area contributed by atoms with Gasteiger partial charge in [0.1, 0.15) is 35.4 Å². The zero-order chi connectivity index (χ0) is 44.8. The minimum absolute atomic E-state index is 0.00207. The largest absolute Gasteiger partial charge is 0.289 e. The van der Waals surface area contributed by atoms with E-state index in [1.54, 1.807) is 59.1 Å². The Morgan fingerprint density at radius 1 is 0.540 bits per heavy atom. The summed E-state index contributed by atoms with van der Waals surface area (Å²) in [4.78, 5) is 34.9. The molecule has 0 saturated carbocycles. The number of thiophene rings is 4. The summed E-state index contributed by atoms with van der Waals surface area (Å²) in [6, 6.07) is 18.9. The van der Waals surface area contributed by atoms with Crippen molar-refractivity contribution in [2.24, 2.45) is 0 Å². The van der Waals surface area contributed by atoms with Crippen LogP contribution in [0.4, 0.5) is 17.6 Å². The molecule has 0 N–H and O–H groups in total. The Morgan fingerprint density at radius 2 is 0.889 bits per heavy atom. The second kappa shape index (κ2) is 15.2. The molecule has 306 valence electrons. The number of aryl methyl sites for hydroxylation is 2. The van der Waals surface area contributed by atoms with Crippen LogP contribution < -0.4 is 0 Å². The van der Waals surface area contributed by atoms with Gasteiger partial charge in [0.25, 0.3) is 0 Å². The van der Waals surface area contributed by atoms with Crippen LogP contribution in [-0.4, -0.2) is 11.6 Å². The van der Waals surface area contributed by atoms with Crippen molar-refractivity contribution in [3.63, 3.8) is 0 Å². The van der Waals surface area contributed by atoms with Crippen molar-refractivity contribution < 1.29 is 27.2 Å². The molecule has 9 rings (SSSR count). The van der Waals surface area contributed by atoms with Crippen LogP contribution in [-0.2, 0) is 18.3 Å². The zero-order valence-corrected chi connectivity index (χ0v) is 36.7. The van der Waals surface area contributed by atoms with Crippen molar-refractivity contribution in [1.82, 2.24) is 0 Å². The Morgan fingerprint density at radius 3 is 1.22 bits per heavy atom. The van der Waals surface area contributed by atoms with E-state index in [0.29, 0.717) is 22.6 Å². The topological polar surface area (TPSA) is 129 Å². The van der Waals surface area contributed by atoms with Gasteiger partial charge in [0, 0.05) is 77.9 Å². The van der Waals surface area contributed by atoms with E-state index in [2.05, 4.69) is 26.0 Å². The predicted octanol–water partition coefficient (Wildman–Crippen LogP) is 13.4. The molecule has 4 aromatic heterocycles. The van der Waals surface area contributed by atoms with Gasteiger partial charge in [-0.05, 0) is 107 Å². The number of ketones is 2. The van der Waals surface area contributed by atoms with E-state index in [1.807, 2.05) is 26.0 Å². The van der Waals surface area contributed by atoms with E-state index in [0.717, 1.165) is 64.7 Å². The number of benzene rings is 2. The van der Waals surface area contributed by atoms with Crippen molar-refractivity contribution in [2.45, 2.75) is 46.0 Å². The van der Waals surface area contributed by atoms with Crippen LogP contribution in [0.1, 0.15) is 91.5 Å². The highest BCUT2D eigenvalue weighted by atomic mass is 32.1. The van der Waals surface area contributed by atoms with Gasteiger partial charge in [-0.25, -0.2) is 17.6 Å². The molecular weight excluding hydrogens is 881 g/mol. The maximum absolute atomic E-state index is 14.4. The Labute approximate surface area is 374 Å². The summed E-state index contributed by atoms with van der Waals surface area (Å²) in [6.45, 7) is 8.40. The lowest BCUT2D eigenvalue weighted by molar-refractivity contribution is 0.103. The average molecular weight is 907 g/mol. The zero-order valence-electron chi connectivity index (χ0n) is 33.4. The fourth-order valence-corrected chi connectivity index (χ4v) is 13.9. The van der Waals surface area contributed by atoms with E-state index < -0.39 is 34.8 Å². The molecule has 0 atom stereocenters. The minimum atomic E-state index is -1.20. The van der Waals surface area contributed by atoms with E-state index in [9.17, 15) is 48.2 Å². The van der Waals surface area contributed by atoms with Gasteiger partial charge in [-0.15, -0.1) is 45.3 Å². The molecule has 6 nitrogen and oxygen atoms in total. The molecule has 4 heterocycles. The van der Waals surface area contributed by atoms with Crippen LogP contribution in [0.5, 0.6) is 0 Å². The second-order valence-corrected chi connectivity index (χ2v) is 19.7. The standard InChI is InChI=1S/C49H26F4N4O2S4/c1-5-21-7-25(9-31-41(23(17-54)18-55)27-11-35(50)37(52)13-29(27)43(31)58)60-45(21)39-15-33-47(62-39)48-34(49(33,3)4)16-40(63-48)46-22(6-2)8-26(61-46)10-32-42(24(19-56)20-57)28-12-36(51)38(53)14-30(28)44(32)59/h7-16H,5-6H2,1-4H3/b31-9-,32-10-. The number of fused-ring (bicyclic) bond motifs is 5. The van der Waals surface area contributed by atoms with Gasteiger partial charge in [0.2, 0.25) is 0 Å². The number of Topliss-reactive ketones (excluding diaryl/α,β-unsaturated/α-hetero) is 2. The van der Waals surface area contributed by atoms with Gasteiger partial charge in [-0.3, -0.25) is 9.59 Å². The molecule has 0 bridgehead atoms. The number of rotatable bonds is 6. The number of hydrogen-bond acceptors (Lipinski definition) is 10. The van der Waals surface area contributed by atoms with Crippen LogP contribution in [0.3, 0.4) is 0 Å². The highest BCUT2D eigenvalue weighted by Gasteiger charge is 2.41. The van der Waals surface area contributed by atoms with E-state index in [1.165, 1.54) is 33.8 Å². The molecule has 3 aliphatic carbocycles. The maximum atomic E-state index is 14.4. The maximum Gasteiger partial charge on any atom is 0.194 e. The second-order valence-electron chi connectivity index (χ2n) is 15.4. The number of allylic oxidation sites excluding steroid dienone is 6. The lowest BCUT2D eigenvalue weighted by atomic mass is 9.83. The molecule has 2 aromatic carbocycles. The summed E-state index contributed by atoms with van der Waals surface area (Å²) in [5.41, 5.74) is 3.01. The Kier molecular flexibility index (Phi) is 10.1. The fourth-order valence-electron chi connectivity index (χ4n) is 8.46. The molecular formula is C49H26F4N4O2S4. The number of nitrogens with zero attached hydrogens (tertiary/aromatic N) is 4. The summed E-state index contributed by atoms with van der Waals surface area (Å²) in [7, 11) is 0. The quantitative estimate of drug-likeness (QED) is 0.0929. The highest BCUT2D eigenvalue weighted by Crippen LogP contribution is 2.59. The lowest BCUT2D eigenvalue weighted by Gasteiger charge is -2.19. The molecule has 0 radical (unpaired) electrons. The molecule has 0 amide bonds. The molecule has 0 spiro atoms. The van der Waals surface area contributed by atoms with Gasteiger partial charge in [0.05, 0.1) is 0 Å². The van der Waals surface area contributed by atoms with Crippen LogP contribution in [0.25, 0.3) is 52.6 Å². The Bertz CT molecular complexity index is 3170. The number of nitriles is 4. The summed E-state index contributed by atoms with van der Waals surface area (Å²) < 4.78 is 57.3. The smallest absolute Gasteiger partial charge is 0.194 e. The van der Waals surface area contributed by atoms with E-state index in [4.69, 9.17) is 0 Å². The van der Waals surface area contributed by atoms with Crippen molar-refractivity contribution >= 4 is 80.2 Å². The van der Waals surface area contributed by atoms with Crippen LogP contribution in [0.2, 0.25) is 0 Å². The number of halogens is 4. The first-order chi connectivity index (χ1) is 30.2. The van der Waals surface area contributed by atoms with Crippen molar-refractivity contribution in [3.8, 4) is 53.5 Å². The highest BCUT2D eigenvalue weighted by molar-refractivity contribution is 7.29. The molecule has 3 aliphatic rings. The fraction of sp³-hybridized carbons (Fsp3) is 0.143. The first kappa shape index (κ1) is 41.6. The van der Waals surface area contributed by atoms with Crippen LogP contribution in [0.15, 0.2) is 70.8 Å². The molecule has 0 unspecified atom stereocenters. The molecule has 0 fully saturated rings. The molecule has 0 aliphatic heterocycles. The molecule has 6 aromatic rings. The molecule has 63 heavy (non-hydrogen) atoms. The first-order valence-electron chi connectivity index (χ1n) is 19.3. The molecule has 14 heteroatoms. The van der Waals surface area contributed by atoms with Gasteiger partial charge >= 0.3 is 0 Å². The van der Waals surface area contributed by atoms with Crippen LogP contribution >= 0.6 is 45.3 Å². The van der Waals surface area contributed by atoms with Gasteiger partial charge in [0.15, 0.2) is 34.8 Å². The normalized spacial score (nSPS) is 15.6. The van der Waals surface area contributed by atoms with E-state index >= 15 is 0 Å². The summed E-state index contributed by atoms with van der Waals surface area (Å²) in [5.74, 6) is -6.00. The number of hydrogen-bond donors (Lipinski definition) is 0. The van der Waals surface area contributed by atoms with Crippen molar-refractivity contribution in [2.75, 3.05) is 0 Å².